The predicted octanol–water partition coefficient (Wildman–Crippen LogP) is 2.80. The molecule has 0 aliphatic rings. The molecule has 7 heteroatoms. The highest BCUT2D eigenvalue weighted by atomic mass is 127. The molecule has 0 bridgehead atoms. The summed E-state index contributed by atoms with van der Waals surface area (Å²) >= 11 is 3.55. The van der Waals surface area contributed by atoms with E-state index in [1.54, 1.807) is 11.3 Å². The zero-order chi connectivity index (χ0) is 13.4. The lowest BCUT2D eigenvalue weighted by Gasteiger charge is -2.09. The second kappa shape index (κ2) is 10.7. The average molecular weight is 414 g/mol. The maximum atomic E-state index is 4.54. The quantitative estimate of drug-likeness (QED) is 0.325. The topological polar surface area (TPSA) is 49.3 Å². The lowest BCUT2D eigenvalue weighted by atomic mass is 10.4. The van der Waals surface area contributed by atoms with E-state index in [-0.39, 0.29) is 24.0 Å². The minimum absolute atomic E-state index is 0. The lowest BCUT2D eigenvalue weighted by Crippen LogP contribution is -2.38. The largest absolute Gasteiger partial charge is 0.357 e. The second-order valence-electron chi connectivity index (χ2n) is 3.86. The summed E-state index contributed by atoms with van der Waals surface area (Å²) in [5, 5.41) is 7.62. The highest BCUT2D eigenvalue weighted by Gasteiger charge is 2.03. The summed E-state index contributed by atoms with van der Waals surface area (Å²) in [6, 6.07) is 0. The number of hydrogen-bond acceptors (Lipinski definition) is 4. The molecule has 1 aromatic rings. The Balaban J connectivity index is 0.00000324. The van der Waals surface area contributed by atoms with Gasteiger partial charge in [0.25, 0.3) is 0 Å². The fourth-order valence-electron chi connectivity index (χ4n) is 1.37. The van der Waals surface area contributed by atoms with Crippen LogP contribution in [0.4, 0.5) is 0 Å². The van der Waals surface area contributed by atoms with Crippen LogP contribution in [0.5, 0.6) is 0 Å². The van der Waals surface area contributed by atoms with Gasteiger partial charge in [-0.15, -0.1) is 35.3 Å². The molecule has 0 aliphatic heterocycles. The van der Waals surface area contributed by atoms with Crippen LogP contribution < -0.4 is 10.6 Å². The minimum Gasteiger partial charge on any atom is -0.357 e. The monoisotopic (exact) mass is 414 g/mol. The molecule has 0 unspecified atom stereocenters. The van der Waals surface area contributed by atoms with Gasteiger partial charge in [-0.1, -0.05) is 0 Å². The van der Waals surface area contributed by atoms with Gasteiger partial charge in [0, 0.05) is 23.7 Å². The lowest BCUT2D eigenvalue weighted by molar-refractivity contribution is 0.841. The van der Waals surface area contributed by atoms with Crippen LogP contribution in [0.1, 0.15) is 22.5 Å². The van der Waals surface area contributed by atoms with E-state index in [9.17, 15) is 0 Å². The van der Waals surface area contributed by atoms with Gasteiger partial charge in [0.2, 0.25) is 0 Å². The molecule has 0 saturated carbocycles. The number of aliphatic imine (C=N–C) groups is 1. The maximum absolute atomic E-state index is 4.54. The first-order valence-electron chi connectivity index (χ1n) is 6.11. The number of aryl methyl sites for hydroxylation is 2. The number of halogens is 1. The molecule has 110 valence electrons. The van der Waals surface area contributed by atoms with E-state index in [0.717, 1.165) is 35.5 Å². The summed E-state index contributed by atoms with van der Waals surface area (Å²) < 4.78 is 0. The molecule has 0 radical (unpaired) electrons. The van der Waals surface area contributed by atoms with Crippen molar-refractivity contribution in [1.82, 2.24) is 15.6 Å². The van der Waals surface area contributed by atoms with Gasteiger partial charge in [-0.05, 0) is 27.0 Å². The smallest absolute Gasteiger partial charge is 0.191 e. The molecular formula is C12H23IN4S2. The van der Waals surface area contributed by atoms with Crippen LogP contribution in [0, 0.1) is 13.8 Å². The van der Waals surface area contributed by atoms with Crippen LogP contribution in [0.15, 0.2) is 4.99 Å². The van der Waals surface area contributed by atoms with Gasteiger partial charge in [-0.25, -0.2) is 9.98 Å². The van der Waals surface area contributed by atoms with Crippen molar-refractivity contribution in [3.8, 4) is 0 Å². The van der Waals surface area contributed by atoms with Crippen LogP contribution in [0.2, 0.25) is 0 Å². The van der Waals surface area contributed by atoms with Gasteiger partial charge in [0.15, 0.2) is 5.96 Å². The summed E-state index contributed by atoms with van der Waals surface area (Å²) in [5.41, 5.74) is 1.12. The van der Waals surface area contributed by atoms with Crippen LogP contribution in [0.25, 0.3) is 0 Å². The van der Waals surface area contributed by atoms with Crippen molar-refractivity contribution in [2.24, 2.45) is 4.99 Å². The SMILES string of the molecule is CCNC(=NCc1nc(C)c(C)s1)NCCSC.I. The molecule has 1 rings (SSSR count). The van der Waals surface area contributed by atoms with Crippen molar-refractivity contribution in [2.75, 3.05) is 25.1 Å². The third kappa shape index (κ3) is 7.36. The highest BCUT2D eigenvalue weighted by Crippen LogP contribution is 2.16. The van der Waals surface area contributed by atoms with Crippen molar-refractivity contribution >= 4 is 53.0 Å². The molecular weight excluding hydrogens is 391 g/mol. The minimum atomic E-state index is 0. The molecule has 0 fully saturated rings. The third-order valence-corrected chi connectivity index (χ3v) is 4.06. The van der Waals surface area contributed by atoms with Gasteiger partial charge < -0.3 is 10.6 Å². The summed E-state index contributed by atoms with van der Waals surface area (Å²) in [6.45, 7) is 8.67. The van der Waals surface area contributed by atoms with Crippen molar-refractivity contribution in [1.29, 1.82) is 0 Å². The Labute approximate surface area is 141 Å². The Morgan fingerprint density at radius 1 is 1.37 bits per heavy atom. The number of thioether (sulfide) groups is 1. The summed E-state index contributed by atoms with van der Waals surface area (Å²) in [4.78, 5) is 10.3. The Morgan fingerprint density at radius 2 is 2.11 bits per heavy atom. The van der Waals surface area contributed by atoms with E-state index in [1.807, 2.05) is 18.7 Å². The number of rotatable bonds is 6. The number of nitrogens with one attached hydrogen (secondary N) is 2. The van der Waals surface area contributed by atoms with Gasteiger partial charge >= 0.3 is 0 Å². The highest BCUT2D eigenvalue weighted by molar-refractivity contribution is 14.0. The van der Waals surface area contributed by atoms with Crippen molar-refractivity contribution in [2.45, 2.75) is 27.3 Å². The Bertz CT molecular complexity index is 374. The fraction of sp³-hybridized carbons (Fsp3) is 0.667. The fourth-order valence-corrected chi connectivity index (χ4v) is 2.53. The molecule has 2 N–H and O–H groups in total. The number of guanidine groups is 1. The Hall–Kier alpha value is -0.0200. The molecule has 0 saturated heterocycles. The van der Waals surface area contributed by atoms with Gasteiger partial charge in [0.05, 0.1) is 12.2 Å². The first-order chi connectivity index (χ1) is 8.67. The molecule has 19 heavy (non-hydrogen) atoms. The average Bonchev–Trinajstić information content (AvgIpc) is 2.66. The Kier molecular flexibility index (Phi) is 10.7. The summed E-state index contributed by atoms with van der Waals surface area (Å²) in [7, 11) is 0. The van der Waals surface area contributed by atoms with Crippen LogP contribution in [-0.2, 0) is 6.54 Å². The molecule has 0 spiro atoms. The van der Waals surface area contributed by atoms with E-state index in [0.29, 0.717) is 6.54 Å². The second-order valence-corrected chi connectivity index (χ2v) is 6.14. The molecule has 0 aliphatic carbocycles. The number of thiazole rings is 1. The first-order valence-corrected chi connectivity index (χ1v) is 8.32. The van der Waals surface area contributed by atoms with Crippen LogP contribution >= 0.6 is 47.1 Å². The zero-order valence-corrected chi connectivity index (χ0v) is 15.9. The number of hydrogen-bond donors (Lipinski definition) is 2. The normalized spacial score (nSPS) is 11.1. The molecule has 4 nitrogen and oxygen atoms in total. The van der Waals surface area contributed by atoms with Gasteiger partial charge in [-0.3, -0.25) is 0 Å². The molecule has 0 amide bonds. The standard InChI is InChI=1S/C12H22N4S2.HI/c1-5-13-12(14-6-7-17-4)15-8-11-16-9(2)10(3)18-11;/h5-8H2,1-4H3,(H2,13,14,15);1H. The first kappa shape index (κ1) is 19.0. The van der Waals surface area contributed by atoms with Crippen LogP contribution in [0.3, 0.4) is 0 Å². The van der Waals surface area contributed by atoms with Gasteiger partial charge in [-0.2, -0.15) is 11.8 Å². The van der Waals surface area contributed by atoms with Gasteiger partial charge in [0.1, 0.15) is 5.01 Å². The predicted molar refractivity (Wildman–Crippen MR) is 98.2 cm³/mol. The maximum Gasteiger partial charge on any atom is 0.191 e. The summed E-state index contributed by atoms with van der Waals surface area (Å²) in [6.07, 6.45) is 2.10. The zero-order valence-electron chi connectivity index (χ0n) is 11.9. The molecule has 0 aromatic carbocycles. The molecule has 1 aromatic heterocycles. The van der Waals surface area contributed by atoms with E-state index in [1.165, 1.54) is 4.88 Å². The number of aromatic nitrogens is 1. The van der Waals surface area contributed by atoms with Crippen LogP contribution in [-0.4, -0.2) is 36.0 Å². The van der Waals surface area contributed by atoms with E-state index in [2.05, 4.69) is 40.7 Å². The van der Waals surface area contributed by atoms with E-state index >= 15 is 0 Å². The van der Waals surface area contributed by atoms with Crippen molar-refractivity contribution < 1.29 is 0 Å². The third-order valence-electron chi connectivity index (χ3n) is 2.39. The molecule has 1 heterocycles. The number of nitrogens with zero attached hydrogens (tertiary/aromatic N) is 2. The van der Waals surface area contributed by atoms with E-state index in [4.69, 9.17) is 0 Å². The van der Waals surface area contributed by atoms with Crippen molar-refractivity contribution in [3.05, 3.63) is 15.6 Å². The van der Waals surface area contributed by atoms with Crippen molar-refractivity contribution in [3.63, 3.8) is 0 Å². The summed E-state index contributed by atoms with van der Waals surface area (Å²) in [5.74, 6) is 1.96. The van der Waals surface area contributed by atoms with E-state index < -0.39 is 0 Å². The Morgan fingerprint density at radius 3 is 2.63 bits per heavy atom. The molecule has 0 atom stereocenters.